The fraction of sp³-hybridized carbons (Fsp3) is 0.320. The Morgan fingerprint density at radius 3 is 2.52 bits per heavy atom. The van der Waals surface area contributed by atoms with Gasteiger partial charge in [-0.2, -0.15) is 0 Å². The molecule has 1 heterocycles. The number of nitrogens with two attached hydrogens (primary N) is 1. The van der Waals surface area contributed by atoms with E-state index in [1.165, 1.54) is 18.5 Å². The summed E-state index contributed by atoms with van der Waals surface area (Å²) >= 11 is 0. The van der Waals surface area contributed by atoms with Gasteiger partial charge in [0.2, 0.25) is 5.91 Å². The van der Waals surface area contributed by atoms with Gasteiger partial charge >= 0.3 is 0 Å². The molecule has 2 aromatic carbocycles. The molecule has 1 aromatic heterocycles. The second-order valence-corrected chi connectivity index (χ2v) is 8.15. The first kappa shape index (κ1) is 22.5. The highest BCUT2D eigenvalue weighted by Gasteiger charge is 2.30. The van der Waals surface area contributed by atoms with Gasteiger partial charge in [0.15, 0.2) is 0 Å². The molecular formula is C25H29N5O3. The predicted octanol–water partition coefficient (Wildman–Crippen LogP) is 4.51. The lowest BCUT2D eigenvalue weighted by atomic mass is 9.85. The highest BCUT2D eigenvalue weighted by molar-refractivity contribution is 5.84. The van der Waals surface area contributed by atoms with Crippen molar-refractivity contribution in [1.82, 2.24) is 15.0 Å². The van der Waals surface area contributed by atoms with Gasteiger partial charge in [-0.1, -0.05) is 36.8 Å². The van der Waals surface area contributed by atoms with Gasteiger partial charge in [-0.15, -0.1) is 0 Å². The number of para-hydroxylation sites is 1. The molecule has 1 aliphatic rings. The Morgan fingerprint density at radius 2 is 1.79 bits per heavy atom. The van der Waals surface area contributed by atoms with Crippen LogP contribution >= 0.6 is 0 Å². The van der Waals surface area contributed by atoms with E-state index in [-0.39, 0.29) is 17.9 Å². The van der Waals surface area contributed by atoms with Gasteiger partial charge in [0, 0.05) is 19.0 Å². The van der Waals surface area contributed by atoms with Crippen LogP contribution in [0.4, 0.5) is 11.6 Å². The first-order valence-electron chi connectivity index (χ1n) is 11.1. The van der Waals surface area contributed by atoms with E-state index in [0.717, 1.165) is 41.9 Å². The van der Waals surface area contributed by atoms with E-state index in [1.54, 1.807) is 7.05 Å². The maximum Gasteiger partial charge on any atom is 0.249 e. The Morgan fingerprint density at radius 1 is 1.06 bits per heavy atom. The number of amides is 1. The number of hydroxylamine groups is 2. The van der Waals surface area contributed by atoms with Crippen molar-refractivity contribution >= 4 is 17.5 Å². The van der Waals surface area contributed by atoms with Crippen molar-refractivity contribution in [1.29, 1.82) is 0 Å². The number of nitrogens with zero attached hydrogens (tertiary/aromatic N) is 3. The second kappa shape index (κ2) is 10.3. The second-order valence-electron chi connectivity index (χ2n) is 8.15. The van der Waals surface area contributed by atoms with E-state index in [1.807, 2.05) is 54.6 Å². The van der Waals surface area contributed by atoms with E-state index in [9.17, 15) is 4.79 Å². The third kappa shape index (κ3) is 5.40. The van der Waals surface area contributed by atoms with Crippen LogP contribution < -0.4 is 15.8 Å². The number of hydrogen-bond donors (Lipinski definition) is 2. The Kier molecular flexibility index (Phi) is 7.04. The average molecular weight is 448 g/mol. The number of aromatic nitrogens is 2. The SMILES string of the molecule is CON(C)C(=O)[C@H]1CCC[C@@H](Nc2ncnc(N)c2-c2ccc(Oc3ccccc3)cc2)C1. The third-order valence-electron chi connectivity index (χ3n) is 5.95. The molecule has 3 N–H and O–H groups in total. The van der Waals surface area contributed by atoms with Crippen molar-refractivity contribution in [3.63, 3.8) is 0 Å². The Bertz CT molecular complexity index is 1080. The maximum atomic E-state index is 12.5. The Labute approximate surface area is 193 Å². The molecule has 1 saturated carbocycles. The molecule has 1 amide bonds. The molecule has 2 atom stereocenters. The molecule has 0 unspecified atom stereocenters. The normalized spacial score (nSPS) is 17.9. The monoisotopic (exact) mass is 447 g/mol. The summed E-state index contributed by atoms with van der Waals surface area (Å²) in [6.45, 7) is 0. The van der Waals surface area contributed by atoms with Crippen molar-refractivity contribution in [2.45, 2.75) is 31.7 Å². The van der Waals surface area contributed by atoms with Crippen molar-refractivity contribution in [3.8, 4) is 22.6 Å². The van der Waals surface area contributed by atoms with E-state index in [0.29, 0.717) is 18.1 Å². The number of carbonyl (C=O) groups excluding carboxylic acids is 1. The highest BCUT2D eigenvalue weighted by Crippen LogP contribution is 2.35. The minimum atomic E-state index is -0.0850. The van der Waals surface area contributed by atoms with Crippen LogP contribution in [0.5, 0.6) is 11.5 Å². The van der Waals surface area contributed by atoms with Gasteiger partial charge in [-0.3, -0.25) is 9.63 Å². The minimum Gasteiger partial charge on any atom is -0.457 e. The molecule has 172 valence electrons. The van der Waals surface area contributed by atoms with Crippen LogP contribution in [-0.2, 0) is 9.63 Å². The van der Waals surface area contributed by atoms with Crippen LogP contribution in [0.15, 0.2) is 60.9 Å². The van der Waals surface area contributed by atoms with Crippen molar-refractivity contribution in [3.05, 3.63) is 60.9 Å². The summed E-state index contributed by atoms with van der Waals surface area (Å²) in [6.07, 6.45) is 4.92. The lowest BCUT2D eigenvalue weighted by Gasteiger charge is -2.31. The molecule has 1 aliphatic carbocycles. The molecule has 0 bridgehead atoms. The highest BCUT2D eigenvalue weighted by atomic mass is 16.7. The number of anilines is 2. The lowest BCUT2D eigenvalue weighted by Crippen LogP contribution is -2.38. The molecule has 33 heavy (non-hydrogen) atoms. The number of carbonyl (C=O) groups is 1. The topological polar surface area (TPSA) is 103 Å². The first-order valence-corrected chi connectivity index (χ1v) is 11.1. The molecule has 0 aliphatic heterocycles. The average Bonchev–Trinajstić information content (AvgIpc) is 2.85. The largest absolute Gasteiger partial charge is 0.457 e. The van der Waals surface area contributed by atoms with Gasteiger partial charge in [0.25, 0.3) is 0 Å². The standard InChI is InChI=1S/C25H29N5O3/c1-30(32-2)25(31)18-7-6-8-19(15-18)29-24-22(23(26)27-16-28-24)17-11-13-21(14-12-17)33-20-9-4-3-5-10-20/h3-5,9-14,16,18-19H,6-8,15H2,1-2H3,(H3,26,27,28,29)/t18-,19+/m0/s1. The van der Waals surface area contributed by atoms with Crippen molar-refractivity contribution in [2.75, 3.05) is 25.2 Å². The number of nitrogen functional groups attached to an aromatic ring is 1. The van der Waals surface area contributed by atoms with Crippen LogP contribution in [-0.4, -0.2) is 41.1 Å². The summed E-state index contributed by atoms with van der Waals surface area (Å²) in [4.78, 5) is 26.3. The van der Waals surface area contributed by atoms with Crippen LogP contribution in [0.25, 0.3) is 11.1 Å². The van der Waals surface area contributed by atoms with E-state index in [4.69, 9.17) is 15.3 Å². The van der Waals surface area contributed by atoms with Crippen molar-refractivity contribution < 1.29 is 14.4 Å². The van der Waals surface area contributed by atoms with Crippen LogP contribution in [0.3, 0.4) is 0 Å². The lowest BCUT2D eigenvalue weighted by molar-refractivity contribution is -0.174. The number of hydrogen-bond acceptors (Lipinski definition) is 7. The van der Waals surface area contributed by atoms with Crippen LogP contribution in [0, 0.1) is 5.92 Å². The van der Waals surface area contributed by atoms with Crippen molar-refractivity contribution in [2.24, 2.45) is 5.92 Å². The Hall–Kier alpha value is -3.65. The summed E-state index contributed by atoms with van der Waals surface area (Å²) < 4.78 is 5.89. The maximum absolute atomic E-state index is 12.5. The molecule has 4 rings (SSSR count). The Balaban J connectivity index is 1.51. The molecule has 0 spiro atoms. The van der Waals surface area contributed by atoms with E-state index < -0.39 is 0 Å². The summed E-state index contributed by atoms with van der Waals surface area (Å²) in [5.41, 5.74) is 7.88. The fourth-order valence-electron chi connectivity index (χ4n) is 4.19. The summed E-state index contributed by atoms with van der Waals surface area (Å²) in [6, 6.07) is 17.4. The number of nitrogens with one attached hydrogen (secondary N) is 1. The zero-order valence-corrected chi connectivity index (χ0v) is 18.9. The number of ether oxygens (including phenoxy) is 1. The van der Waals surface area contributed by atoms with Crippen LogP contribution in [0.1, 0.15) is 25.7 Å². The summed E-state index contributed by atoms with van der Waals surface area (Å²) in [5, 5.41) is 4.82. The quantitative estimate of drug-likeness (QED) is 0.514. The van der Waals surface area contributed by atoms with Gasteiger partial charge in [0.1, 0.15) is 29.5 Å². The van der Waals surface area contributed by atoms with E-state index in [2.05, 4.69) is 15.3 Å². The molecule has 8 nitrogen and oxygen atoms in total. The summed E-state index contributed by atoms with van der Waals surface area (Å²) in [5.74, 6) is 2.48. The number of benzene rings is 2. The summed E-state index contributed by atoms with van der Waals surface area (Å²) in [7, 11) is 3.15. The zero-order valence-electron chi connectivity index (χ0n) is 18.9. The molecule has 1 fully saturated rings. The van der Waals surface area contributed by atoms with Gasteiger partial charge in [0.05, 0.1) is 12.7 Å². The van der Waals surface area contributed by atoms with Gasteiger partial charge in [-0.05, 0) is 49.1 Å². The van der Waals surface area contributed by atoms with Gasteiger partial charge < -0.3 is 15.8 Å². The third-order valence-corrected chi connectivity index (χ3v) is 5.95. The molecule has 0 saturated heterocycles. The fourth-order valence-corrected chi connectivity index (χ4v) is 4.19. The molecular weight excluding hydrogens is 418 g/mol. The van der Waals surface area contributed by atoms with Gasteiger partial charge in [-0.25, -0.2) is 15.0 Å². The molecule has 3 aromatic rings. The van der Waals surface area contributed by atoms with E-state index >= 15 is 0 Å². The molecule has 8 heteroatoms. The minimum absolute atomic E-state index is 0.000398. The zero-order chi connectivity index (χ0) is 23.2. The number of rotatable bonds is 7. The molecule has 0 radical (unpaired) electrons. The predicted molar refractivity (Wildman–Crippen MR) is 128 cm³/mol. The first-order chi connectivity index (χ1) is 16.0. The van der Waals surface area contributed by atoms with Crippen LogP contribution in [0.2, 0.25) is 0 Å². The smallest absolute Gasteiger partial charge is 0.249 e.